The van der Waals surface area contributed by atoms with E-state index in [1.54, 1.807) is 24.3 Å². The Hall–Kier alpha value is -3.62. The quantitative estimate of drug-likeness (QED) is 0.271. The second-order valence-electron chi connectivity index (χ2n) is 7.75. The van der Waals surface area contributed by atoms with E-state index in [0.717, 1.165) is 15.9 Å². The molecule has 4 aromatic rings. The summed E-state index contributed by atoms with van der Waals surface area (Å²) in [6.45, 7) is 0. The molecule has 0 aliphatic rings. The van der Waals surface area contributed by atoms with E-state index in [0.29, 0.717) is 5.56 Å². The van der Waals surface area contributed by atoms with Gasteiger partial charge in [0.25, 0.3) is 11.8 Å². The van der Waals surface area contributed by atoms with E-state index >= 15 is 0 Å². The number of halogens is 1. The average Bonchev–Trinajstić information content (AvgIpc) is 2.90. The van der Waals surface area contributed by atoms with Crippen molar-refractivity contribution in [2.24, 2.45) is 5.73 Å². The van der Waals surface area contributed by atoms with E-state index in [4.69, 9.17) is 24.4 Å². The van der Waals surface area contributed by atoms with Gasteiger partial charge >= 0.3 is 0 Å². The Morgan fingerprint density at radius 2 is 0.919 bits per heavy atom. The highest BCUT2D eigenvalue weighted by molar-refractivity contribution is 7.96. The molecule has 0 radical (unpaired) electrons. The molecule has 3 N–H and O–H groups in total. The van der Waals surface area contributed by atoms with E-state index < -0.39 is 29.2 Å². The van der Waals surface area contributed by atoms with Crippen molar-refractivity contribution in [3.8, 4) is 0 Å². The third kappa shape index (κ3) is 7.21. The van der Waals surface area contributed by atoms with Gasteiger partial charge in [0.2, 0.25) is 5.78 Å². The second kappa shape index (κ2) is 12.6. The summed E-state index contributed by atoms with van der Waals surface area (Å²) in [6, 6.07) is 38.5. The molecule has 1 unspecified atom stereocenters. The van der Waals surface area contributed by atoms with Crippen LogP contribution in [0.4, 0.5) is 0 Å². The second-order valence-corrected chi connectivity index (χ2v) is 12.0. The van der Waals surface area contributed by atoms with Gasteiger partial charge < -0.3 is 11.1 Å². The molecule has 0 aliphatic carbocycles. The predicted molar refractivity (Wildman–Crippen MR) is 132 cm³/mol. The van der Waals surface area contributed by atoms with E-state index in [9.17, 15) is 9.59 Å². The van der Waals surface area contributed by atoms with Crippen LogP contribution in [-0.2, 0) is 4.79 Å². The van der Waals surface area contributed by atoms with Crippen molar-refractivity contribution in [3.05, 3.63) is 127 Å². The van der Waals surface area contributed by atoms with Gasteiger partial charge in [0.1, 0.15) is 23.2 Å². The number of hydrogen-bond donors (Lipinski definition) is 2. The molecule has 37 heavy (non-hydrogen) atoms. The highest BCUT2D eigenvalue weighted by Gasteiger charge is 2.56. The molecule has 10 heteroatoms. The highest BCUT2D eigenvalue weighted by Crippen LogP contribution is 2.58. The van der Waals surface area contributed by atoms with Crippen molar-refractivity contribution in [2.75, 3.05) is 0 Å². The third-order valence-corrected chi connectivity index (χ3v) is 9.95. The number of primary amides is 1. The number of rotatable bonds is 7. The van der Waals surface area contributed by atoms with Crippen molar-refractivity contribution >= 4 is 35.0 Å². The lowest BCUT2D eigenvalue weighted by Gasteiger charge is -2.33. The average molecular weight is 539 g/mol. The molecular weight excluding hydrogens is 515 g/mol. The summed E-state index contributed by atoms with van der Waals surface area (Å²) in [6.07, 6.45) is 0. The topological polar surface area (TPSA) is 164 Å². The molecule has 0 saturated carbocycles. The number of carbonyl (C=O) groups is 2. The molecule has 0 aliphatic heterocycles. The van der Waals surface area contributed by atoms with Gasteiger partial charge in [-0.1, -0.05) is 72.8 Å². The molecule has 0 heterocycles. The third-order valence-electron chi connectivity index (χ3n) is 5.45. The molecule has 2 amide bonds. The van der Waals surface area contributed by atoms with E-state index in [1.807, 2.05) is 97.1 Å². The van der Waals surface area contributed by atoms with Crippen molar-refractivity contribution in [1.82, 2.24) is 5.32 Å². The summed E-state index contributed by atoms with van der Waals surface area (Å²) in [5, 5.41) is 5.91. The van der Waals surface area contributed by atoms with Crippen LogP contribution in [0, 0.1) is 10.2 Å². The van der Waals surface area contributed by atoms with Crippen LogP contribution in [0.3, 0.4) is 0 Å². The van der Waals surface area contributed by atoms with Crippen molar-refractivity contribution in [1.29, 1.82) is 0 Å². The normalized spacial score (nSPS) is 12.0. The first kappa shape index (κ1) is 28.0. The first-order valence-electron chi connectivity index (χ1n) is 11.0. The fourth-order valence-electron chi connectivity index (χ4n) is 4.04. The molecular formula is C27H24ClN2O6P. The first-order chi connectivity index (χ1) is 17.6. The molecule has 8 nitrogen and oxygen atoms in total. The number of hydrogen-bond acceptors (Lipinski definition) is 6. The zero-order valence-corrected chi connectivity index (χ0v) is 21.1. The van der Waals surface area contributed by atoms with Gasteiger partial charge in [-0.05, 0) is 48.5 Å². The standard InChI is InChI=1S/C27H23N2O2P.ClHO4/c28-25(30)27(29-26(31)21-13-5-1-6-14-21)32(22-15-7-2-8-16-22,23-17-9-3-10-18-23)24-19-11-4-12-20-24;2-1(3,4)5/h1-20,27H,(H2-,28,29,30,31);(H,2,3,4,5). The van der Waals surface area contributed by atoms with Crippen LogP contribution in [-0.4, -0.2) is 17.6 Å². The van der Waals surface area contributed by atoms with Crippen LogP contribution in [0.25, 0.3) is 0 Å². The summed E-state index contributed by atoms with van der Waals surface area (Å²) < 4.78 is 34.0. The predicted octanol–water partition coefficient (Wildman–Crippen LogP) is -1.53. The van der Waals surface area contributed by atoms with Crippen molar-refractivity contribution in [2.45, 2.75) is 5.78 Å². The molecule has 1 atom stereocenters. The van der Waals surface area contributed by atoms with Gasteiger partial charge in [-0.2, -0.15) is 0 Å². The first-order valence-corrected chi connectivity index (χ1v) is 14.1. The smallest absolute Gasteiger partial charge is 0.280 e. The lowest BCUT2D eigenvalue weighted by molar-refractivity contribution is -2.00. The fourth-order valence-corrected chi connectivity index (χ4v) is 8.45. The van der Waals surface area contributed by atoms with Crippen LogP contribution in [0.15, 0.2) is 121 Å². The Morgan fingerprint density at radius 3 is 1.22 bits per heavy atom. The summed E-state index contributed by atoms with van der Waals surface area (Å²) in [5.74, 6) is -1.83. The molecule has 4 rings (SSSR count). The molecule has 4 aromatic carbocycles. The maximum atomic E-state index is 13.2. The van der Waals surface area contributed by atoms with E-state index in [2.05, 4.69) is 5.32 Å². The Bertz CT molecular complexity index is 1190. The van der Waals surface area contributed by atoms with Crippen LogP contribution >= 0.6 is 7.26 Å². The number of carbonyl (C=O) groups excluding carboxylic acids is 2. The minimum atomic E-state index is -4.94. The van der Waals surface area contributed by atoms with Gasteiger partial charge in [0.15, 0.2) is 0 Å². The van der Waals surface area contributed by atoms with Crippen LogP contribution in [0.5, 0.6) is 0 Å². The minimum Gasteiger partial charge on any atom is -0.365 e. The zero-order chi connectivity index (χ0) is 26.9. The van der Waals surface area contributed by atoms with Crippen LogP contribution < -0.4 is 45.6 Å². The number of benzene rings is 4. The summed E-state index contributed by atoms with van der Waals surface area (Å²) in [7, 11) is -7.64. The summed E-state index contributed by atoms with van der Waals surface area (Å²) in [5.41, 5.74) is 6.51. The molecule has 190 valence electrons. The number of nitrogens with one attached hydrogen (secondary N) is 1. The van der Waals surface area contributed by atoms with E-state index in [1.165, 1.54) is 0 Å². The maximum Gasteiger partial charge on any atom is 0.280 e. The monoisotopic (exact) mass is 538 g/mol. The molecule has 0 saturated heterocycles. The Labute approximate surface area is 217 Å². The SMILES string of the molecule is NC(=O)C(NC(=O)c1ccccc1)[P+](c1ccccc1)(c1ccccc1)c1ccccc1.[O-][Cl+3]([O-])([O-])[O-]. The minimum absolute atomic E-state index is 0.332. The molecule has 0 aromatic heterocycles. The maximum absolute atomic E-state index is 13.2. The molecule has 0 spiro atoms. The van der Waals surface area contributed by atoms with Gasteiger partial charge in [0, 0.05) is 5.56 Å². The fraction of sp³-hybridized carbons (Fsp3) is 0.0370. The van der Waals surface area contributed by atoms with Gasteiger partial charge in [-0.25, -0.2) is 18.6 Å². The van der Waals surface area contributed by atoms with Crippen molar-refractivity contribution in [3.63, 3.8) is 0 Å². The zero-order valence-electron chi connectivity index (χ0n) is 19.5. The van der Waals surface area contributed by atoms with Gasteiger partial charge in [-0.15, -0.1) is 10.2 Å². The Kier molecular flexibility index (Phi) is 9.49. The molecule has 0 fully saturated rings. The highest BCUT2D eigenvalue weighted by atomic mass is 35.7. The largest absolute Gasteiger partial charge is 0.365 e. The Balaban J connectivity index is 0.000000695. The van der Waals surface area contributed by atoms with Crippen LogP contribution in [0.2, 0.25) is 0 Å². The van der Waals surface area contributed by atoms with Crippen molar-refractivity contribution < 1.29 is 38.5 Å². The van der Waals surface area contributed by atoms with Crippen LogP contribution in [0.1, 0.15) is 10.4 Å². The lowest BCUT2D eigenvalue weighted by atomic mass is 10.2. The lowest BCUT2D eigenvalue weighted by Crippen LogP contribution is -2.68. The molecule has 0 bridgehead atoms. The summed E-state index contributed by atoms with van der Waals surface area (Å²) in [4.78, 5) is 26.3. The van der Waals surface area contributed by atoms with E-state index in [-0.39, 0.29) is 5.91 Å². The number of amides is 2. The Morgan fingerprint density at radius 1 is 0.622 bits per heavy atom. The summed E-state index contributed by atoms with van der Waals surface area (Å²) >= 11 is 0. The number of nitrogens with two attached hydrogens (primary N) is 1. The van der Waals surface area contributed by atoms with Gasteiger partial charge in [0.05, 0.1) is 0 Å². The van der Waals surface area contributed by atoms with Gasteiger partial charge in [-0.3, -0.25) is 9.59 Å².